The minimum atomic E-state index is 0.282. The van der Waals surface area contributed by atoms with Crippen LogP contribution in [0, 0.1) is 5.92 Å². The second kappa shape index (κ2) is 6.88. The van der Waals surface area contributed by atoms with Crippen molar-refractivity contribution in [3.8, 4) is 0 Å². The van der Waals surface area contributed by atoms with Crippen molar-refractivity contribution in [3.05, 3.63) is 12.2 Å². The van der Waals surface area contributed by atoms with Crippen LogP contribution in [0.15, 0.2) is 12.2 Å². The smallest absolute Gasteiger partial charge is 0.130 e. The molecule has 1 atom stereocenters. The Morgan fingerprint density at radius 2 is 1.92 bits per heavy atom. The Balaban J connectivity index is 3.81. The molecule has 76 valence electrons. The molecular formula is C12H22O. The van der Waals surface area contributed by atoms with Crippen molar-refractivity contribution < 1.29 is 4.79 Å². The maximum Gasteiger partial charge on any atom is 0.130 e. The highest BCUT2D eigenvalue weighted by Crippen LogP contribution is 2.20. The maximum atomic E-state index is 11.0. The number of Topliss-reactive ketones (excluding diaryl/α,β-unsaturated/α-hetero) is 1. The molecule has 0 fully saturated rings. The van der Waals surface area contributed by atoms with Gasteiger partial charge in [0.15, 0.2) is 0 Å². The number of hydrogen-bond donors (Lipinski definition) is 0. The molecule has 0 aromatic rings. The molecule has 0 N–H and O–H groups in total. The fourth-order valence-corrected chi connectivity index (χ4v) is 1.51. The van der Waals surface area contributed by atoms with Gasteiger partial charge in [0, 0.05) is 6.42 Å². The molecule has 0 saturated heterocycles. The summed E-state index contributed by atoms with van der Waals surface area (Å²) in [4.78, 5) is 11.0. The molecule has 0 aliphatic rings. The van der Waals surface area contributed by atoms with Gasteiger partial charge in [-0.1, -0.05) is 38.3 Å². The zero-order chi connectivity index (χ0) is 10.3. The summed E-state index contributed by atoms with van der Waals surface area (Å²) in [5.41, 5.74) is 1.16. The van der Waals surface area contributed by atoms with Crippen molar-refractivity contribution in [2.45, 2.75) is 52.9 Å². The minimum Gasteiger partial charge on any atom is -0.300 e. The Morgan fingerprint density at radius 3 is 2.31 bits per heavy atom. The van der Waals surface area contributed by atoms with Gasteiger partial charge in [0.2, 0.25) is 0 Å². The Bertz CT molecular complexity index is 170. The van der Waals surface area contributed by atoms with E-state index < -0.39 is 0 Å². The molecule has 13 heavy (non-hydrogen) atoms. The van der Waals surface area contributed by atoms with Gasteiger partial charge >= 0.3 is 0 Å². The largest absolute Gasteiger partial charge is 0.300 e. The number of rotatable bonds is 7. The van der Waals surface area contributed by atoms with Crippen LogP contribution in [0.4, 0.5) is 0 Å². The van der Waals surface area contributed by atoms with E-state index in [4.69, 9.17) is 0 Å². The van der Waals surface area contributed by atoms with Crippen LogP contribution in [0.1, 0.15) is 52.9 Å². The van der Waals surface area contributed by atoms with Crippen molar-refractivity contribution in [3.63, 3.8) is 0 Å². The second-order valence-corrected chi connectivity index (χ2v) is 3.95. The van der Waals surface area contributed by atoms with Gasteiger partial charge in [0.25, 0.3) is 0 Å². The minimum absolute atomic E-state index is 0.282. The Hall–Kier alpha value is -0.590. The van der Waals surface area contributed by atoms with Crippen molar-refractivity contribution in [1.29, 1.82) is 0 Å². The highest BCUT2D eigenvalue weighted by molar-refractivity contribution is 5.76. The van der Waals surface area contributed by atoms with E-state index >= 15 is 0 Å². The zero-order valence-corrected chi connectivity index (χ0v) is 9.23. The van der Waals surface area contributed by atoms with E-state index in [2.05, 4.69) is 13.5 Å². The van der Waals surface area contributed by atoms with Crippen LogP contribution in [0.2, 0.25) is 0 Å². The van der Waals surface area contributed by atoms with Gasteiger partial charge in [-0.15, -0.1) is 0 Å². The van der Waals surface area contributed by atoms with E-state index in [9.17, 15) is 4.79 Å². The lowest BCUT2D eigenvalue weighted by molar-refractivity contribution is -0.117. The molecule has 0 aliphatic heterocycles. The molecule has 0 rings (SSSR count). The molecule has 0 aromatic heterocycles. The lowest BCUT2D eigenvalue weighted by Crippen LogP contribution is -2.06. The van der Waals surface area contributed by atoms with E-state index in [1.54, 1.807) is 6.92 Å². The van der Waals surface area contributed by atoms with Crippen LogP contribution in [0.3, 0.4) is 0 Å². The third kappa shape index (κ3) is 6.56. The molecule has 0 spiro atoms. The third-order valence-corrected chi connectivity index (χ3v) is 2.39. The Labute approximate surface area is 82.2 Å². The number of ketones is 1. The number of carbonyl (C=O) groups excluding carboxylic acids is 1. The van der Waals surface area contributed by atoms with Gasteiger partial charge in [-0.2, -0.15) is 0 Å². The van der Waals surface area contributed by atoms with Crippen LogP contribution in [0.5, 0.6) is 0 Å². The molecule has 0 aromatic carbocycles. The average Bonchev–Trinajstić information content (AvgIpc) is 2.02. The lowest BCUT2D eigenvalue weighted by Gasteiger charge is -2.14. The first-order valence-corrected chi connectivity index (χ1v) is 5.22. The zero-order valence-electron chi connectivity index (χ0n) is 9.23. The van der Waals surface area contributed by atoms with Crippen molar-refractivity contribution in [2.75, 3.05) is 0 Å². The summed E-state index contributed by atoms with van der Waals surface area (Å²) in [7, 11) is 0. The topological polar surface area (TPSA) is 17.1 Å². The van der Waals surface area contributed by atoms with Gasteiger partial charge in [0.1, 0.15) is 5.78 Å². The molecule has 0 heterocycles. The summed E-state index contributed by atoms with van der Waals surface area (Å²) in [6.07, 6.45) is 5.54. The molecule has 0 radical (unpaired) electrons. The first-order valence-electron chi connectivity index (χ1n) is 5.22. The third-order valence-electron chi connectivity index (χ3n) is 2.39. The predicted molar refractivity (Wildman–Crippen MR) is 57.7 cm³/mol. The molecule has 0 amide bonds. The van der Waals surface area contributed by atoms with Crippen LogP contribution >= 0.6 is 0 Å². The standard InChI is InChI=1S/C12H22O/c1-5-6-7-8-12(10(2)3)9-11(4)13/h12H,2,5-9H2,1,3-4H3. The molecule has 0 aliphatic carbocycles. The predicted octanol–water partition coefficient (Wildman–Crippen LogP) is 3.74. The van der Waals surface area contributed by atoms with E-state index in [-0.39, 0.29) is 5.78 Å². The highest BCUT2D eigenvalue weighted by Gasteiger charge is 2.11. The van der Waals surface area contributed by atoms with Crippen molar-refractivity contribution >= 4 is 5.78 Å². The van der Waals surface area contributed by atoms with Crippen LogP contribution < -0.4 is 0 Å². The SMILES string of the molecule is C=C(C)C(CCCCC)CC(C)=O. The second-order valence-electron chi connectivity index (χ2n) is 3.95. The van der Waals surface area contributed by atoms with E-state index in [0.29, 0.717) is 12.3 Å². The first-order chi connectivity index (χ1) is 6.07. The van der Waals surface area contributed by atoms with Crippen LogP contribution in [-0.4, -0.2) is 5.78 Å². The Kier molecular flexibility index (Phi) is 6.56. The number of hydrogen-bond acceptors (Lipinski definition) is 1. The quantitative estimate of drug-likeness (QED) is 0.433. The number of carbonyl (C=O) groups is 1. The molecule has 1 nitrogen and oxygen atoms in total. The molecule has 0 saturated carbocycles. The monoisotopic (exact) mass is 182 g/mol. The van der Waals surface area contributed by atoms with Crippen LogP contribution in [-0.2, 0) is 4.79 Å². The summed E-state index contributed by atoms with van der Waals surface area (Å²) >= 11 is 0. The number of allylic oxidation sites excluding steroid dienone is 1. The van der Waals surface area contributed by atoms with E-state index in [1.165, 1.54) is 19.3 Å². The summed E-state index contributed by atoms with van der Waals surface area (Å²) in [6.45, 7) is 9.82. The van der Waals surface area contributed by atoms with E-state index in [0.717, 1.165) is 12.0 Å². The van der Waals surface area contributed by atoms with Crippen molar-refractivity contribution in [2.24, 2.45) is 5.92 Å². The first kappa shape index (κ1) is 12.4. The fraction of sp³-hybridized carbons (Fsp3) is 0.750. The maximum absolute atomic E-state index is 11.0. The Morgan fingerprint density at radius 1 is 1.31 bits per heavy atom. The summed E-state index contributed by atoms with van der Waals surface area (Å²) in [6, 6.07) is 0. The lowest BCUT2D eigenvalue weighted by atomic mass is 9.90. The summed E-state index contributed by atoms with van der Waals surface area (Å²) in [5.74, 6) is 0.702. The molecule has 0 bridgehead atoms. The van der Waals surface area contributed by atoms with E-state index in [1.807, 2.05) is 6.92 Å². The highest BCUT2D eigenvalue weighted by atomic mass is 16.1. The van der Waals surface area contributed by atoms with Crippen LogP contribution in [0.25, 0.3) is 0 Å². The van der Waals surface area contributed by atoms with Crippen molar-refractivity contribution in [1.82, 2.24) is 0 Å². The fourth-order valence-electron chi connectivity index (χ4n) is 1.51. The summed E-state index contributed by atoms with van der Waals surface area (Å²) < 4.78 is 0. The average molecular weight is 182 g/mol. The molecular weight excluding hydrogens is 160 g/mol. The van der Waals surface area contributed by atoms with Gasteiger partial charge in [-0.05, 0) is 26.2 Å². The summed E-state index contributed by atoms with van der Waals surface area (Å²) in [5, 5.41) is 0. The van der Waals surface area contributed by atoms with Gasteiger partial charge in [-0.25, -0.2) is 0 Å². The van der Waals surface area contributed by atoms with Gasteiger partial charge < -0.3 is 4.79 Å². The van der Waals surface area contributed by atoms with Gasteiger partial charge in [0.05, 0.1) is 0 Å². The molecule has 1 heteroatoms. The molecule has 1 unspecified atom stereocenters. The number of unbranched alkanes of at least 4 members (excludes halogenated alkanes) is 2. The van der Waals surface area contributed by atoms with Gasteiger partial charge in [-0.3, -0.25) is 0 Å². The normalized spacial score (nSPS) is 12.5.